The first kappa shape index (κ1) is 14.9. The first-order chi connectivity index (χ1) is 9.06. The lowest BCUT2D eigenvalue weighted by Gasteiger charge is -2.07. The topological polar surface area (TPSA) is 92.5 Å². The molecule has 0 saturated heterocycles. The van der Waals surface area contributed by atoms with Gasteiger partial charge in [0, 0.05) is 12.6 Å². The van der Waals surface area contributed by atoms with Crippen LogP contribution in [0.25, 0.3) is 0 Å². The Balaban J connectivity index is 2.71. The SMILES string of the molecule is CCCCCCNc1ccc(C(=O)O)cc1[N+](=O)[O-]. The Labute approximate surface area is 111 Å². The molecule has 6 heteroatoms. The van der Waals surface area contributed by atoms with E-state index in [0.717, 1.165) is 31.7 Å². The molecule has 0 radical (unpaired) electrons. The average molecular weight is 266 g/mol. The van der Waals surface area contributed by atoms with Gasteiger partial charge in [-0.2, -0.15) is 0 Å². The molecule has 1 aromatic rings. The summed E-state index contributed by atoms with van der Waals surface area (Å²) in [6.45, 7) is 2.76. The van der Waals surface area contributed by atoms with Gasteiger partial charge in [0.05, 0.1) is 10.5 Å². The second-order valence-electron chi connectivity index (χ2n) is 4.28. The van der Waals surface area contributed by atoms with Gasteiger partial charge in [-0.15, -0.1) is 0 Å². The number of nitrogens with zero attached hydrogens (tertiary/aromatic N) is 1. The van der Waals surface area contributed by atoms with Crippen LogP contribution in [0.15, 0.2) is 18.2 Å². The number of nitrogens with one attached hydrogen (secondary N) is 1. The first-order valence-electron chi connectivity index (χ1n) is 6.32. The van der Waals surface area contributed by atoms with Crippen molar-refractivity contribution < 1.29 is 14.8 Å². The molecule has 0 spiro atoms. The summed E-state index contributed by atoms with van der Waals surface area (Å²) in [6.07, 6.45) is 4.28. The van der Waals surface area contributed by atoms with Crippen molar-refractivity contribution in [1.29, 1.82) is 0 Å². The molecule has 0 aliphatic carbocycles. The maximum absolute atomic E-state index is 10.9. The highest BCUT2D eigenvalue weighted by molar-refractivity contribution is 5.89. The third kappa shape index (κ3) is 4.57. The Morgan fingerprint density at radius 2 is 2.11 bits per heavy atom. The van der Waals surface area contributed by atoms with E-state index in [1.165, 1.54) is 12.1 Å². The van der Waals surface area contributed by atoms with Crippen molar-refractivity contribution in [1.82, 2.24) is 0 Å². The molecule has 2 N–H and O–H groups in total. The van der Waals surface area contributed by atoms with Crippen LogP contribution in [0.5, 0.6) is 0 Å². The van der Waals surface area contributed by atoms with Crippen LogP contribution in [0.4, 0.5) is 11.4 Å². The predicted molar refractivity (Wildman–Crippen MR) is 72.7 cm³/mol. The van der Waals surface area contributed by atoms with Gasteiger partial charge in [0.2, 0.25) is 0 Å². The van der Waals surface area contributed by atoms with E-state index in [1.807, 2.05) is 0 Å². The Kier molecular flexibility index (Phi) is 5.78. The average Bonchev–Trinajstić information content (AvgIpc) is 2.38. The quantitative estimate of drug-likeness (QED) is 0.428. The molecule has 104 valence electrons. The van der Waals surface area contributed by atoms with Gasteiger partial charge >= 0.3 is 5.97 Å². The zero-order valence-electron chi connectivity index (χ0n) is 10.9. The van der Waals surface area contributed by atoms with Crippen molar-refractivity contribution >= 4 is 17.3 Å². The van der Waals surface area contributed by atoms with E-state index in [1.54, 1.807) is 0 Å². The summed E-state index contributed by atoms with van der Waals surface area (Å²) in [6, 6.07) is 3.89. The fraction of sp³-hybridized carbons (Fsp3) is 0.462. The highest BCUT2D eigenvalue weighted by atomic mass is 16.6. The van der Waals surface area contributed by atoms with Crippen molar-refractivity contribution in [2.75, 3.05) is 11.9 Å². The van der Waals surface area contributed by atoms with E-state index >= 15 is 0 Å². The van der Waals surface area contributed by atoms with Gasteiger partial charge in [0.1, 0.15) is 5.69 Å². The minimum atomic E-state index is -1.17. The maximum atomic E-state index is 10.9. The van der Waals surface area contributed by atoms with Gasteiger partial charge in [-0.05, 0) is 18.6 Å². The lowest BCUT2D eigenvalue weighted by molar-refractivity contribution is -0.384. The number of carbonyl (C=O) groups is 1. The number of carboxylic acid groups (broad SMARTS) is 1. The van der Waals surface area contributed by atoms with Gasteiger partial charge in [0.25, 0.3) is 5.69 Å². The monoisotopic (exact) mass is 266 g/mol. The number of hydrogen-bond donors (Lipinski definition) is 2. The van der Waals surface area contributed by atoms with Gasteiger partial charge in [-0.25, -0.2) is 4.79 Å². The Morgan fingerprint density at radius 3 is 2.68 bits per heavy atom. The van der Waals surface area contributed by atoms with E-state index < -0.39 is 10.9 Å². The molecular weight excluding hydrogens is 248 g/mol. The second-order valence-corrected chi connectivity index (χ2v) is 4.28. The molecule has 0 atom stereocenters. The van der Waals surface area contributed by atoms with Gasteiger partial charge < -0.3 is 10.4 Å². The fourth-order valence-electron chi connectivity index (χ4n) is 1.74. The molecule has 6 nitrogen and oxygen atoms in total. The number of nitro groups is 1. The van der Waals surface area contributed by atoms with Crippen molar-refractivity contribution in [3.63, 3.8) is 0 Å². The van der Waals surface area contributed by atoms with E-state index in [-0.39, 0.29) is 11.3 Å². The third-order valence-electron chi connectivity index (χ3n) is 2.79. The summed E-state index contributed by atoms with van der Waals surface area (Å²) in [4.78, 5) is 21.1. The van der Waals surface area contributed by atoms with Crippen molar-refractivity contribution in [3.8, 4) is 0 Å². The van der Waals surface area contributed by atoms with Crippen LogP contribution in [0.2, 0.25) is 0 Å². The summed E-state index contributed by atoms with van der Waals surface area (Å²) in [7, 11) is 0. The summed E-state index contributed by atoms with van der Waals surface area (Å²) in [5.74, 6) is -1.17. The molecule has 1 rings (SSSR count). The van der Waals surface area contributed by atoms with Crippen LogP contribution in [-0.4, -0.2) is 22.5 Å². The fourth-order valence-corrected chi connectivity index (χ4v) is 1.74. The van der Waals surface area contributed by atoms with Crippen molar-refractivity contribution in [2.24, 2.45) is 0 Å². The molecule has 0 aliphatic heterocycles. The van der Waals surface area contributed by atoms with Gasteiger partial charge in [0.15, 0.2) is 0 Å². The number of carboxylic acids is 1. The predicted octanol–water partition coefficient (Wildman–Crippen LogP) is 3.29. The number of unbranched alkanes of at least 4 members (excludes halogenated alkanes) is 3. The van der Waals surface area contributed by atoms with E-state index in [2.05, 4.69) is 12.2 Å². The van der Waals surface area contributed by atoms with Gasteiger partial charge in [-0.1, -0.05) is 26.2 Å². The number of anilines is 1. The summed E-state index contributed by atoms with van der Waals surface area (Å²) in [5, 5.41) is 22.7. The van der Waals surface area contributed by atoms with Crippen LogP contribution in [0.3, 0.4) is 0 Å². The number of rotatable bonds is 8. The summed E-state index contributed by atoms with van der Waals surface area (Å²) < 4.78 is 0. The van der Waals surface area contributed by atoms with Crippen LogP contribution < -0.4 is 5.32 Å². The Bertz CT molecular complexity index is 460. The highest BCUT2D eigenvalue weighted by Gasteiger charge is 2.16. The molecule has 0 aromatic heterocycles. The van der Waals surface area contributed by atoms with Crippen LogP contribution >= 0.6 is 0 Å². The molecule has 0 amide bonds. The lowest BCUT2D eigenvalue weighted by atomic mass is 10.1. The third-order valence-corrected chi connectivity index (χ3v) is 2.79. The molecule has 0 saturated carbocycles. The maximum Gasteiger partial charge on any atom is 0.335 e. The molecule has 19 heavy (non-hydrogen) atoms. The first-order valence-corrected chi connectivity index (χ1v) is 6.32. The van der Waals surface area contributed by atoms with E-state index in [9.17, 15) is 14.9 Å². The van der Waals surface area contributed by atoms with Gasteiger partial charge in [-0.3, -0.25) is 10.1 Å². The summed E-state index contributed by atoms with van der Waals surface area (Å²) >= 11 is 0. The van der Waals surface area contributed by atoms with Crippen LogP contribution in [0, 0.1) is 10.1 Å². The normalized spacial score (nSPS) is 10.2. The largest absolute Gasteiger partial charge is 0.478 e. The van der Waals surface area contributed by atoms with E-state index in [0.29, 0.717) is 12.2 Å². The van der Waals surface area contributed by atoms with Crippen LogP contribution in [-0.2, 0) is 0 Å². The molecule has 0 heterocycles. The molecule has 1 aromatic carbocycles. The Hall–Kier alpha value is -2.11. The number of hydrogen-bond acceptors (Lipinski definition) is 4. The minimum absolute atomic E-state index is 0.0803. The zero-order valence-corrected chi connectivity index (χ0v) is 10.9. The zero-order chi connectivity index (χ0) is 14.3. The number of aromatic carboxylic acids is 1. The van der Waals surface area contributed by atoms with Crippen LogP contribution in [0.1, 0.15) is 43.0 Å². The molecular formula is C13H18N2O4. The molecule has 0 fully saturated rings. The minimum Gasteiger partial charge on any atom is -0.478 e. The number of benzene rings is 1. The number of nitro benzene ring substituents is 1. The smallest absolute Gasteiger partial charge is 0.335 e. The summed E-state index contributed by atoms with van der Waals surface area (Å²) in [5.41, 5.74) is 0.0881. The Morgan fingerprint density at radius 1 is 1.37 bits per heavy atom. The molecule has 0 aliphatic rings. The molecule has 0 bridgehead atoms. The van der Waals surface area contributed by atoms with Crippen molar-refractivity contribution in [3.05, 3.63) is 33.9 Å². The second kappa shape index (κ2) is 7.35. The van der Waals surface area contributed by atoms with Crippen molar-refractivity contribution in [2.45, 2.75) is 32.6 Å². The van der Waals surface area contributed by atoms with E-state index in [4.69, 9.17) is 5.11 Å². The molecule has 0 unspecified atom stereocenters. The highest BCUT2D eigenvalue weighted by Crippen LogP contribution is 2.25. The standard InChI is InChI=1S/C13H18N2O4/c1-2-3-4-5-8-14-11-7-6-10(13(16)17)9-12(11)15(18)19/h6-7,9,14H,2-5,8H2,1H3,(H,16,17). The lowest BCUT2D eigenvalue weighted by Crippen LogP contribution is -2.06.